The normalized spacial score (nSPS) is 26.5. The Labute approximate surface area is 90.5 Å². The lowest BCUT2D eigenvalue weighted by atomic mass is 10.1. The zero-order valence-corrected chi connectivity index (χ0v) is 9.44. The van der Waals surface area contributed by atoms with E-state index >= 15 is 0 Å². The summed E-state index contributed by atoms with van der Waals surface area (Å²) in [6.45, 7) is 5.36. The van der Waals surface area contributed by atoms with Gasteiger partial charge in [0, 0.05) is 13.2 Å². The van der Waals surface area contributed by atoms with Crippen LogP contribution in [0.2, 0.25) is 0 Å². The van der Waals surface area contributed by atoms with Crippen molar-refractivity contribution in [3.63, 3.8) is 0 Å². The highest BCUT2D eigenvalue weighted by Gasteiger charge is 2.32. The summed E-state index contributed by atoms with van der Waals surface area (Å²) in [4.78, 5) is 13.1. The minimum Gasteiger partial charge on any atom is -0.450 e. The van der Waals surface area contributed by atoms with Crippen molar-refractivity contribution in [2.45, 2.75) is 39.0 Å². The van der Waals surface area contributed by atoms with E-state index in [2.05, 4.69) is 0 Å². The van der Waals surface area contributed by atoms with Crippen molar-refractivity contribution in [1.82, 2.24) is 4.90 Å². The third kappa shape index (κ3) is 3.07. The van der Waals surface area contributed by atoms with Crippen molar-refractivity contribution in [3.05, 3.63) is 0 Å². The summed E-state index contributed by atoms with van der Waals surface area (Å²) in [6.07, 6.45) is 1.04. The van der Waals surface area contributed by atoms with Crippen molar-refractivity contribution in [2.24, 2.45) is 5.73 Å². The van der Waals surface area contributed by atoms with Gasteiger partial charge in [-0.3, -0.25) is 4.90 Å². The number of ether oxygens (including phenoxy) is 2. The van der Waals surface area contributed by atoms with Crippen LogP contribution in [0.15, 0.2) is 0 Å². The van der Waals surface area contributed by atoms with Crippen LogP contribution < -0.4 is 5.73 Å². The van der Waals surface area contributed by atoms with Crippen LogP contribution in [0.4, 0.5) is 4.79 Å². The van der Waals surface area contributed by atoms with E-state index in [0.29, 0.717) is 19.8 Å². The Bertz CT molecular complexity index is 209. The first kappa shape index (κ1) is 12.3. The third-order valence-electron chi connectivity index (χ3n) is 2.51. The standard InChI is InChI=1S/C10H20N2O3/c1-3-14-8-6-5-7-12(9(8)11)10(13)15-4-2/h8-9H,3-7,11H2,1-2H3. The molecule has 0 aliphatic carbocycles. The minimum absolute atomic E-state index is 0.0619. The van der Waals surface area contributed by atoms with Gasteiger partial charge in [0.1, 0.15) is 6.17 Å². The van der Waals surface area contributed by atoms with Gasteiger partial charge in [0.05, 0.1) is 12.7 Å². The van der Waals surface area contributed by atoms with Crippen molar-refractivity contribution < 1.29 is 14.3 Å². The molecule has 5 heteroatoms. The molecule has 1 aliphatic heterocycles. The first-order valence-electron chi connectivity index (χ1n) is 5.51. The van der Waals surface area contributed by atoms with Gasteiger partial charge in [0.2, 0.25) is 0 Å². The molecule has 2 unspecified atom stereocenters. The molecular formula is C10H20N2O3. The molecular weight excluding hydrogens is 196 g/mol. The smallest absolute Gasteiger partial charge is 0.411 e. The minimum atomic E-state index is -0.377. The van der Waals surface area contributed by atoms with Crippen molar-refractivity contribution in [2.75, 3.05) is 19.8 Å². The zero-order valence-electron chi connectivity index (χ0n) is 9.44. The summed E-state index contributed by atoms with van der Waals surface area (Å²) < 4.78 is 10.4. The molecule has 1 amide bonds. The highest BCUT2D eigenvalue weighted by atomic mass is 16.6. The van der Waals surface area contributed by atoms with Crippen LogP contribution in [0.1, 0.15) is 26.7 Å². The van der Waals surface area contributed by atoms with Crippen LogP contribution in [0.3, 0.4) is 0 Å². The van der Waals surface area contributed by atoms with Gasteiger partial charge in [-0.15, -0.1) is 0 Å². The predicted molar refractivity (Wildman–Crippen MR) is 56.4 cm³/mol. The molecule has 0 saturated carbocycles. The van der Waals surface area contributed by atoms with Crippen molar-refractivity contribution in [3.8, 4) is 0 Å². The summed E-state index contributed by atoms with van der Waals surface area (Å²) >= 11 is 0. The number of rotatable bonds is 3. The van der Waals surface area contributed by atoms with Gasteiger partial charge in [-0.25, -0.2) is 4.79 Å². The molecule has 15 heavy (non-hydrogen) atoms. The Balaban J connectivity index is 2.53. The summed E-state index contributed by atoms with van der Waals surface area (Å²) in [7, 11) is 0. The van der Waals surface area contributed by atoms with E-state index in [-0.39, 0.29) is 18.4 Å². The molecule has 0 bridgehead atoms. The summed E-state index contributed by atoms with van der Waals surface area (Å²) in [5.74, 6) is 0. The second kappa shape index (κ2) is 5.92. The van der Waals surface area contributed by atoms with E-state index in [1.807, 2.05) is 6.92 Å². The van der Waals surface area contributed by atoms with E-state index in [0.717, 1.165) is 12.8 Å². The van der Waals surface area contributed by atoms with Crippen LogP contribution in [-0.4, -0.2) is 43.0 Å². The van der Waals surface area contributed by atoms with Crippen LogP contribution in [-0.2, 0) is 9.47 Å². The third-order valence-corrected chi connectivity index (χ3v) is 2.51. The summed E-state index contributed by atoms with van der Waals surface area (Å²) in [5, 5.41) is 0. The van der Waals surface area contributed by atoms with Crippen molar-refractivity contribution >= 4 is 6.09 Å². The molecule has 1 saturated heterocycles. The fourth-order valence-corrected chi connectivity index (χ4v) is 1.80. The van der Waals surface area contributed by atoms with Gasteiger partial charge in [0.15, 0.2) is 0 Å². The molecule has 0 aromatic carbocycles. The number of hydrogen-bond acceptors (Lipinski definition) is 4. The number of nitrogens with two attached hydrogens (primary N) is 1. The molecule has 2 atom stereocenters. The van der Waals surface area contributed by atoms with E-state index in [1.165, 1.54) is 0 Å². The maximum absolute atomic E-state index is 11.5. The summed E-state index contributed by atoms with van der Waals surface area (Å²) in [6, 6.07) is 0. The van der Waals surface area contributed by atoms with Crippen LogP contribution in [0.25, 0.3) is 0 Å². The second-order valence-electron chi connectivity index (χ2n) is 3.52. The topological polar surface area (TPSA) is 64.8 Å². The van der Waals surface area contributed by atoms with E-state index < -0.39 is 0 Å². The molecule has 0 aromatic rings. The quantitative estimate of drug-likeness (QED) is 0.762. The number of amides is 1. The fraction of sp³-hybridized carbons (Fsp3) is 0.900. The lowest BCUT2D eigenvalue weighted by molar-refractivity contribution is -0.0333. The molecule has 1 fully saturated rings. The highest BCUT2D eigenvalue weighted by molar-refractivity contribution is 5.68. The lowest BCUT2D eigenvalue weighted by Crippen LogP contribution is -2.56. The van der Waals surface area contributed by atoms with Gasteiger partial charge in [0.25, 0.3) is 0 Å². The van der Waals surface area contributed by atoms with Crippen LogP contribution in [0.5, 0.6) is 0 Å². The number of likely N-dealkylation sites (tertiary alicyclic amines) is 1. The van der Waals surface area contributed by atoms with Gasteiger partial charge in [-0.1, -0.05) is 0 Å². The van der Waals surface area contributed by atoms with Gasteiger partial charge >= 0.3 is 6.09 Å². The van der Waals surface area contributed by atoms with E-state index in [9.17, 15) is 4.79 Å². The first-order chi connectivity index (χ1) is 7.20. The fourth-order valence-electron chi connectivity index (χ4n) is 1.80. The lowest BCUT2D eigenvalue weighted by Gasteiger charge is -2.37. The van der Waals surface area contributed by atoms with Crippen LogP contribution in [0, 0.1) is 0 Å². The monoisotopic (exact) mass is 216 g/mol. The predicted octanol–water partition coefficient (Wildman–Crippen LogP) is 0.929. The molecule has 5 nitrogen and oxygen atoms in total. The van der Waals surface area contributed by atoms with Gasteiger partial charge < -0.3 is 15.2 Å². The average molecular weight is 216 g/mol. The molecule has 1 heterocycles. The van der Waals surface area contributed by atoms with Crippen LogP contribution >= 0.6 is 0 Å². The Morgan fingerprint density at radius 2 is 2.20 bits per heavy atom. The molecule has 1 rings (SSSR count). The molecule has 0 radical (unpaired) electrons. The maximum atomic E-state index is 11.5. The average Bonchev–Trinajstić information content (AvgIpc) is 2.22. The summed E-state index contributed by atoms with van der Waals surface area (Å²) in [5.41, 5.74) is 5.94. The van der Waals surface area contributed by atoms with E-state index in [1.54, 1.807) is 11.8 Å². The van der Waals surface area contributed by atoms with E-state index in [4.69, 9.17) is 15.2 Å². The number of carbonyl (C=O) groups is 1. The number of carbonyl (C=O) groups excluding carboxylic acids is 1. The molecule has 88 valence electrons. The molecule has 0 aromatic heterocycles. The van der Waals surface area contributed by atoms with Gasteiger partial charge in [-0.2, -0.15) is 0 Å². The molecule has 2 N–H and O–H groups in total. The Morgan fingerprint density at radius 1 is 1.47 bits per heavy atom. The van der Waals surface area contributed by atoms with Crippen molar-refractivity contribution in [1.29, 1.82) is 0 Å². The Kier molecular flexibility index (Phi) is 4.84. The molecule has 0 spiro atoms. The first-order valence-corrected chi connectivity index (χ1v) is 5.51. The highest BCUT2D eigenvalue weighted by Crippen LogP contribution is 2.18. The van der Waals surface area contributed by atoms with Gasteiger partial charge in [-0.05, 0) is 26.7 Å². The number of hydrogen-bond donors (Lipinski definition) is 1. The largest absolute Gasteiger partial charge is 0.450 e. The SMILES string of the molecule is CCOC(=O)N1CCCC(OCC)C1N. The number of piperidine rings is 1. The Morgan fingerprint density at radius 3 is 2.80 bits per heavy atom. The Hall–Kier alpha value is -0.810. The zero-order chi connectivity index (χ0) is 11.3. The maximum Gasteiger partial charge on any atom is 0.411 e. The second-order valence-corrected chi connectivity index (χ2v) is 3.52. The molecule has 1 aliphatic rings. The number of nitrogens with zero attached hydrogens (tertiary/aromatic N) is 1.